The van der Waals surface area contributed by atoms with Crippen LogP contribution < -0.4 is 10.6 Å². The number of aromatic nitrogens is 1. The number of rotatable bonds is 4. The number of nitrogens with one attached hydrogen (secondary N) is 2. The van der Waals surface area contributed by atoms with E-state index in [1.807, 2.05) is 6.07 Å². The SMILES string of the molecule is Cc1ccc(Nc2nc(C(=O)NC3CC3)cs2)c(C)c1. The van der Waals surface area contributed by atoms with E-state index in [-0.39, 0.29) is 5.91 Å². The first-order valence-corrected chi connectivity index (χ1v) is 7.60. The highest BCUT2D eigenvalue weighted by molar-refractivity contribution is 7.14. The molecule has 1 saturated carbocycles. The van der Waals surface area contributed by atoms with Gasteiger partial charge < -0.3 is 10.6 Å². The number of thiazole rings is 1. The third-order valence-corrected chi connectivity index (χ3v) is 4.03. The Hall–Kier alpha value is -1.88. The number of benzene rings is 1. The van der Waals surface area contributed by atoms with Gasteiger partial charge in [0.15, 0.2) is 5.13 Å². The molecule has 1 heterocycles. The van der Waals surface area contributed by atoms with E-state index in [0.29, 0.717) is 11.7 Å². The van der Waals surface area contributed by atoms with Gasteiger partial charge in [-0.05, 0) is 38.3 Å². The van der Waals surface area contributed by atoms with Crippen LogP contribution in [0.2, 0.25) is 0 Å². The number of hydrogen-bond acceptors (Lipinski definition) is 4. The van der Waals surface area contributed by atoms with E-state index in [4.69, 9.17) is 0 Å². The fourth-order valence-corrected chi connectivity index (χ4v) is 2.69. The van der Waals surface area contributed by atoms with Crippen LogP contribution in [0.1, 0.15) is 34.5 Å². The zero-order valence-corrected chi connectivity index (χ0v) is 12.4. The Morgan fingerprint density at radius 2 is 2.15 bits per heavy atom. The molecule has 4 nitrogen and oxygen atoms in total. The van der Waals surface area contributed by atoms with Crippen LogP contribution in [0.3, 0.4) is 0 Å². The van der Waals surface area contributed by atoms with Gasteiger partial charge in [-0.1, -0.05) is 17.7 Å². The molecule has 1 aromatic carbocycles. The summed E-state index contributed by atoms with van der Waals surface area (Å²) in [5.41, 5.74) is 3.93. The van der Waals surface area contributed by atoms with Crippen LogP contribution in [0.5, 0.6) is 0 Å². The molecule has 0 spiro atoms. The zero-order valence-electron chi connectivity index (χ0n) is 11.6. The number of nitrogens with zero attached hydrogens (tertiary/aromatic N) is 1. The standard InChI is InChI=1S/C15H17N3OS/c1-9-3-6-12(10(2)7-9)17-15-18-13(8-20-15)14(19)16-11-4-5-11/h3,6-8,11H,4-5H2,1-2H3,(H,16,19)(H,17,18). The first-order valence-electron chi connectivity index (χ1n) is 6.72. The van der Waals surface area contributed by atoms with Crippen molar-refractivity contribution in [2.75, 3.05) is 5.32 Å². The minimum Gasteiger partial charge on any atom is -0.348 e. The number of carbonyl (C=O) groups excluding carboxylic acids is 1. The molecular formula is C15H17N3OS. The van der Waals surface area contributed by atoms with E-state index in [2.05, 4.69) is 41.6 Å². The first-order chi connectivity index (χ1) is 9.61. The predicted octanol–water partition coefficient (Wildman–Crippen LogP) is 3.40. The summed E-state index contributed by atoms with van der Waals surface area (Å²) in [4.78, 5) is 16.2. The summed E-state index contributed by atoms with van der Waals surface area (Å²) < 4.78 is 0. The van der Waals surface area contributed by atoms with Gasteiger partial charge >= 0.3 is 0 Å². The second-order valence-electron chi connectivity index (χ2n) is 5.23. The van der Waals surface area contributed by atoms with Crippen LogP contribution in [0.4, 0.5) is 10.8 Å². The van der Waals surface area contributed by atoms with Gasteiger partial charge in [0.25, 0.3) is 5.91 Å². The number of anilines is 2. The van der Waals surface area contributed by atoms with Crippen molar-refractivity contribution < 1.29 is 4.79 Å². The molecule has 0 saturated heterocycles. The van der Waals surface area contributed by atoms with Crippen molar-refractivity contribution in [3.05, 3.63) is 40.4 Å². The average molecular weight is 287 g/mol. The van der Waals surface area contributed by atoms with E-state index in [1.165, 1.54) is 22.5 Å². The molecule has 0 unspecified atom stereocenters. The molecule has 1 aromatic heterocycles. The maximum atomic E-state index is 11.9. The molecule has 0 atom stereocenters. The number of hydrogen-bond donors (Lipinski definition) is 2. The quantitative estimate of drug-likeness (QED) is 0.906. The van der Waals surface area contributed by atoms with Crippen LogP contribution in [-0.2, 0) is 0 Å². The lowest BCUT2D eigenvalue weighted by Gasteiger charge is -2.07. The van der Waals surface area contributed by atoms with Gasteiger partial charge in [-0.25, -0.2) is 4.98 Å². The summed E-state index contributed by atoms with van der Waals surface area (Å²) in [7, 11) is 0. The van der Waals surface area contributed by atoms with E-state index < -0.39 is 0 Å². The highest BCUT2D eigenvalue weighted by Gasteiger charge is 2.24. The topological polar surface area (TPSA) is 54.0 Å². The van der Waals surface area contributed by atoms with Gasteiger partial charge in [0.05, 0.1) is 0 Å². The van der Waals surface area contributed by atoms with E-state index >= 15 is 0 Å². The molecule has 3 rings (SSSR count). The highest BCUT2D eigenvalue weighted by Crippen LogP contribution is 2.25. The Morgan fingerprint density at radius 3 is 2.85 bits per heavy atom. The molecule has 1 fully saturated rings. The van der Waals surface area contributed by atoms with E-state index in [0.717, 1.165) is 23.7 Å². The Bertz CT molecular complexity index is 646. The van der Waals surface area contributed by atoms with Crippen molar-refractivity contribution >= 4 is 28.1 Å². The molecule has 0 bridgehead atoms. The van der Waals surface area contributed by atoms with Gasteiger partial charge in [0, 0.05) is 17.1 Å². The minimum atomic E-state index is -0.0718. The number of carbonyl (C=O) groups is 1. The van der Waals surface area contributed by atoms with Gasteiger partial charge in [0.1, 0.15) is 5.69 Å². The van der Waals surface area contributed by atoms with E-state index in [1.54, 1.807) is 5.38 Å². The lowest BCUT2D eigenvalue weighted by atomic mass is 10.1. The molecule has 5 heteroatoms. The van der Waals surface area contributed by atoms with Crippen molar-refractivity contribution in [1.82, 2.24) is 10.3 Å². The Labute approximate surface area is 122 Å². The molecule has 1 amide bonds. The zero-order chi connectivity index (χ0) is 14.1. The lowest BCUT2D eigenvalue weighted by Crippen LogP contribution is -2.25. The van der Waals surface area contributed by atoms with Gasteiger partial charge in [0.2, 0.25) is 0 Å². The Morgan fingerprint density at radius 1 is 1.35 bits per heavy atom. The number of aryl methyl sites for hydroxylation is 2. The number of amides is 1. The molecule has 0 radical (unpaired) electrons. The van der Waals surface area contributed by atoms with E-state index in [9.17, 15) is 4.79 Å². The molecular weight excluding hydrogens is 270 g/mol. The van der Waals surface area contributed by atoms with Gasteiger partial charge in [-0.2, -0.15) is 0 Å². The molecule has 104 valence electrons. The van der Waals surface area contributed by atoms with Crippen molar-refractivity contribution in [3.8, 4) is 0 Å². The summed E-state index contributed by atoms with van der Waals surface area (Å²) in [6, 6.07) is 6.58. The molecule has 2 N–H and O–H groups in total. The summed E-state index contributed by atoms with van der Waals surface area (Å²) in [5.74, 6) is -0.0718. The van der Waals surface area contributed by atoms with Gasteiger partial charge in [-0.15, -0.1) is 11.3 Å². The largest absolute Gasteiger partial charge is 0.348 e. The fourth-order valence-electron chi connectivity index (χ4n) is 1.99. The van der Waals surface area contributed by atoms with Crippen molar-refractivity contribution in [2.24, 2.45) is 0 Å². The molecule has 2 aromatic rings. The van der Waals surface area contributed by atoms with Crippen molar-refractivity contribution in [3.63, 3.8) is 0 Å². The maximum Gasteiger partial charge on any atom is 0.271 e. The maximum absolute atomic E-state index is 11.9. The average Bonchev–Trinajstić information content (AvgIpc) is 3.09. The van der Waals surface area contributed by atoms with Crippen LogP contribution in [-0.4, -0.2) is 16.9 Å². The van der Waals surface area contributed by atoms with Crippen LogP contribution in [0.15, 0.2) is 23.6 Å². The monoisotopic (exact) mass is 287 g/mol. The second kappa shape index (κ2) is 5.25. The lowest BCUT2D eigenvalue weighted by molar-refractivity contribution is 0.0947. The summed E-state index contributed by atoms with van der Waals surface area (Å²) in [5, 5.41) is 8.76. The fraction of sp³-hybridized carbons (Fsp3) is 0.333. The molecule has 1 aliphatic carbocycles. The smallest absolute Gasteiger partial charge is 0.271 e. The third kappa shape index (κ3) is 2.99. The Kier molecular flexibility index (Phi) is 3.44. The van der Waals surface area contributed by atoms with Crippen LogP contribution in [0, 0.1) is 13.8 Å². The predicted molar refractivity (Wildman–Crippen MR) is 81.8 cm³/mol. The summed E-state index contributed by atoms with van der Waals surface area (Å²) in [6.45, 7) is 4.13. The highest BCUT2D eigenvalue weighted by atomic mass is 32.1. The van der Waals surface area contributed by atoms with Gasteiger partial charge in [-0.3, -0.25) is 4.79 Å². The van der Waals surface area contributed by atoms with Crippen LogP contribution in [0.25, 0.3) is 0 Å². The third-order valence-electron chi connectivity index (χ3n) is 3.27. The molecule has 0 aliphatic heterocycles. The van der Waals surface area contributed by atoms with Crippen molar-refractivity contribution in [2.45, 2.75) is 32.7 Å². The van der Waals surface area contributed by atoms with Crippen LogP contribution >= 0.6 is 11.3 Å². The second-order valence-corrected chi connectivity index (χ2v) is 6.09. The summed E-state index contributed by atoms with van der Waals surface area (Å²) >= 11 is 1.45. The normalized spacial score (nSPS) is 14.1. The first kappa shape index (κ1) is 13.1. The molecule has 1 aliphatic rings. The Balaban J connectivity index is 1.71. The minimum absolute atomic E-state index is 0.0718. The van der Waals surface area contributed by atoms with Crippen molar-refractivity contribution in [1.29, 1.82) is 0 Å². The summed E-state index contributed by atoms with van der Waals surface area (Å²) in [6.07, 6.45) is 2.17. The molecule has 20 heavy (non-hydrogen) atoms.